The van der Waals surface area contributed by atoms with Crippen LogP contribution in [0, 0.1) is 20.8 Å². The van der Waals surface area contributed by atoms with Gasteiger partial charge in [0.2, 0.25) is 5.16 Å². The summed E-state index contributed by atoms with van der Waals surface area (Å²) in [4.78, 5) is 8.97. The minimum atomic E-state index is -3.97. The predicted molar refractivity (Wildman–Crippen MR) is 117 cm³/mol. The van der Waals surface area contributed by atoms with E-state index in [2.05, 4.69) is 9.97 Å². The lowest BCUT2D eigenvalue weighted by Crippen LogP contribution is -2.18. The third-order valence-electron chi connectivity index (χ3n) is 5.24. The zero-order valence-corrected chi connectivity index (χ0v) is 18.5. The van der Waals surface area contributed by atoms with Crippen molar-refractivity contribution in [3.05, 3.63) is 83.2 Å². The molecule has 6 nitrogen and oxygen atoms in total. The van der Waals surface area contributed by atoms with Crippen molar-refractivity contribution >= 4 is 31.9 Å². The highest BCUT2D eigenvalue weighted by Crippen LogP contribution is 2.26. The van der Waals surface area contributed by atoms with Gasteiger partial charge in [0.15, 0.2) is 0 Å². The van der Waals surface area contributed by atoms with E-state index in [4.69, 9.17) is 0 Å². The molecule has 2 aromatic heterocycles. The summed E-state index contributed by atoms with van der Waals surface area (Å²) in [6.45, 7) is 5.90. The van der Waals surface area contributed by atoms with E-state index in [1.165, 1.54) is 12.1 Å². The fraction of sp³-hybridized carbons (Fsp3) is 0.182. The van der Waals surface area contributed by atoms with Crippen molar-refractivity contribution < 1.29 is 12.6 Å². The van der Waals surface area contributed by atoms with Gasteiger partial charge in [-0.05, 0) is 61.7 Å². The van der Waals surface area contributed by atoms with E-state index in [-0.39, 0.29) is 15.8 Å². The SMILES string of the molecule is Cc1cnc(CS(=O)c2nc3ccccc3n2S(=O)(=O)c2ccccc2)c(C)c1C. The van der Waals surface area contributed by atoms with Gasteiger partial charge >= 0.3 is 0 Å². The molecule has 0 spiro atoms. The number of fused-ring (bicyclic) bond motifs is 1. The summed E-state index contributed by atoms with van der Waals surface area (Å²) in [6.07, 6.45) is 1.75. The van der Waals surface area contributed by atoms with E-state index in [0.29, 0.717) is 16.7 Å². The van der Waals surface area contributed by atoms with Crippen molar-refractivity contribution in [1.82, 2.24) is 13.9 Å². The molecule has 0 aliphatic rings. The topological polar surface area (TPSA) is 81.9 Å². The molecule has 1 unspecified atom stereocenters. The number of hydrogen-bond donors (Lipinski definition) is 0. The Bertz CT molecular complexity index is 1380. The maximum absolute atomic E-state index is 13.4. The van der Waals surface area contributed by atoms with Crippen LogP contribution in [-0.2, 0) is 26.6 Å². The summed E-state index contributed by atoms with van der Waals surface area (Å²) < 4.78 is 41.3. The van der Waals surface area contributed by atoms with Crippen LogP contribution in [0.25, 0.3) is 11.0 Å². The second-order valence-corrected chi connectivity index (χ2v) is 10.2. The van der Waals surface area contributed by atoms with E-state index in [1.807, 2.05) is 20.8 Å². The lowest BCUT2D eigenvalue weighted by Gasteiger charge is -2.12. The van der Waals surface area contributed by atoms with Gasteiger partial charge in [-0.15, -0.1) is 0 Å². The number of aryl methyl sites for hydroxylation is 1. The van der Waals surface area contributed by atoms with Crippen LogP contribution in [0.3, 0.4) is 0 Å². The van der Waals surface area contributed by atoms with Crippen LogP contribution in [0.5, 0.6) is 0 Å². The largest absolute Gasteiger partial charge is 0.270 e. The van der Waals surface area contributed by atoms with E-state index in [1.54, 1.807) is 48.7 Å². The first kappa shape index (κ1) is 20.4. The predicted octanol–water partition coefficient (Wildman–Crippen LogP) is 3.90. The molecule has 0 aliphatic carbocycles. The molecule has 0 saturated carbocycles. The van der Waals surface area contributed by atoms with Crippen molar-refractivity contribution in [1.29, 1.82) is 0 Å². The highest BCUT2D eigenvalue weighted by Gasteiger charge is 2.27. The zero-order valence-electron chi connectivity index (χ0n) is 16.9. The standard InChI is InChI=1S/C22H21N3O3S2/c1-15-13-23-20(17(3)16(15)2)14-29(26)22-24-19-11-7-8-12-21(19)25(22)30(27,28)18-9-5-4-6-10-18/h4-13H,14H2,1-3H3. The highest BCUT2D eigenvalue weighted by atomic mass is 32.2. The van der Waals surface area contributed by atoms with E-state index < -0.39 is 20.8 Å². The van der Waals surface area contributed by atoms with Gasteiger partial charge in [-0.25, -0.2) is 17.4 Å². The van der Waals surface area contributed by atoms with E-state index >= 15 is 0 Å². The summed E-state index contributed by atoms with van der Waals surface area (Å²) >= 11 is 0. The van der Waals surface area contributed by atoms with Gasteiger partial charge in [0.1, 0.15) is 0 Å². The minimum absolute atomic E-state index is 0.000480. The Kier molecular flexibility index (Phi) is 5.29. The van der Waals surface area contributed by atoms with Crippen molar-refractivity contribution in [3.8, 4) is 0 Å². The molecular weight excluding hydrogens is 418 g/mol. The molecule has 2 heterocycles. The summed E-state index contributed by atoms with van der Waals surface area (Å²) in [6, 6.07) is 15.0. The Labute approximate surface area is 178 Å². The fourth-order valence-corrected chi connectivity index (χ4v) is 6.34. The van der Waals surface area contributed by atoms with Crippen LogP contribution in [-0.4, -0.2) is 26.6 Å². The smallest absolute Gasteiger partial charge is 0.260 e. The molecule has 0 saturated heterocycles. The van der Waals surface area contributed by atoms with Crippen LogP contribution in [0.1, 0.15) is 22.4 Å². The molecule has 0 fully saturated rings. The van der Waals surface area contributed by atoms with Gasteiger partial charge in [-0.2, -0.15) is 0 Å². The van der Waals surface area contributed by atoms with Crippen molar-refractivity contribution in [2.45, 2.75) is 36.6 Å². The zero-order chi connectivity index (χ0) is 21.5. The molecule has 0 N–H and O–H groups in total. The molecule has 0 radical (unpaired) electrons. The molecular formula is C22H21N3O3S2. The second kappa shape index (κ2) is 7.77. The molecule has 154 valence electrons. The molecule has 0 bridgehead atoms. The number of imidazole rings is 1. The van der Waals surface area contributed by atoms with Gasteiger partial charge in [0.05, 0.1) is 38.2 Å². The minimum Gasteiger partial charge on any atom is -0.260 e. The second-order valence-electron chi connectivity index (χ2n) is 7.09. The third kappa shape index (κ3) is 3.46. The number of benzene rings is 2. The highest BCUT2D eigenvalue weighted by molar-refractivity contribution is 7.91. The van der Waals surface area contributed by atoms with E-state index in [9.17, 15) is 12.6 Å². The first-order valence-corrected chi connectivity index (χ1v) is 12.1. The molecule has 4 aromatic rings. The maximum Gasteiger partial charge on any atom is 0.270 e. The lowest BCUT2D eigenvalue weighted by molar-refractivity contribution is 0.582. The third-order valence-corrected chi connectivity index (χ3v) is 8.29. The molecule has 30 heavy (non-hydrogen) atoms. The molecule has 2 aromatic carbocycles. The monoisotopic (exact) mass is 439 g/mol. The number of pyridine rings is 1. The Morgan fingerprint density at radius 1 is 0.933 bits per heavy atom. The number of hydrogen-bond acceptors (Lipinski definition) is 5. The molecule has 1 atom stereocenters. The van der Waals surface area contributed by atoms with Crippen LogP contribution in [0.15, 0.2) is 70.8 Å². The quantitative estimate of drug-likeness (QED) is 0.471. The maximum atomic E-state index is 13.4. The van der Waals surface area contributed by atoms with Crippen LogP contribution < -0.4 is 0 Å². The Morgan fingerprint density at radius 2 is 1.60 bits per heavy atom. The first-order valence-electron chi connectivity index (χ1n) is 9.39. The van der Waals surface area contributed by atoms with Crippen LogP contribution in [0.2, 0.25) is 0 Å². The average Bonchev–Trinajstić information content (AvgIpc) is 3.15. The van der Waals surface area contributed by atoms with Gasteiger partial charge in [-0.1, -0.05) is 30.3 Å². The Hall–Kier alpha value is -2.84. The number of aromatic nitrogens is 3. The Balaban J connectivity index is 1.87. The molecule has 8 heteroatoms. The molecule has 0 aliphatic heterocycles. The van der Waals surface area contributed by atoms with Crippen molar-refractivity contribution in [2.24, 2.45) is 0 Å². The van der Waals surface area contributed by atoms with Crippen LogP contribution in [0.4, 0.5) is 0 Å². The van der Waals surface area contributed by atoms with E-state index in [0.717, 1.165) is 20.7 Å². The Morgan fingerprint density at radius 3 is 2.33 bits per heavy atom. The number of para-hydroxylation sites is 2. The fourth-order valence-electron chi connectivity index (χ4n) is 3.27. The van der Waals surface area contributed by atoms with Crippen molar-refractivity contribution in [3.63, 3.8) is 0 Å². The van der Waals surface area contributed by atoms with Gasteiger partial charge in [0.25, 0.3) is 10.0 Å². The normalized spacial score (nSPS) is 12.9. The summed E-state index contributed by atoms with van der Waals surface area (Å²) in [5, 5.41) is -0.000480. The number of nitrogens with zero attached hydrogens (tertiary/aromatic N) is 3. The summed E-state index contributed by atoms with van der Waals surface area (Å²) in [7, 11) is -5.69. The number of rotatable bonds is 5. The first-order chi connectivity index (χ1) is 14.3. The average molecular weight is 440 g/mol. The summed E-state index contributed by atoms with van der Waals surface area (Å²) in [5.41, 5.74) is 4.65. The lowest BCUT2D eigenvalue weighted by atomic mass is 10.1. The van der Waals surface area contributed by atoms with Gasteiger partial charge in [0, 0.05) is 6.20 Å². The van der Waals surface area contributed by atoms with Gasteiger partial charge in [-0.3, -0.25) is 9.19 Å². The van der Waals surface area contributed by atoms with Gasteiger partial charge < -0.3 is 0 Å². The van der Waals surface area contributed by atoms with Crippen LogP contribution >= 0.6 is 0 Å². The summed E-state index contributed by atoms with van der Waals surface area (Å²) in [5.74, 6) is 0.0839. The molecule has 0 amide bonds. The van der Waals surface area contributed by atoms with Crippen molar-refractivity contribution in [2.75, 3.05) is 0 Å². The molecule has 4 rings (SSSR count).